The Balaban J connectivity index is 1.78. The Labute approximate surface area is 150 Å². The molecule has 0 unspecified atom stereocenters. The Morgan fingerprint density at radius 3 is 2.50 bits per heavy atom. The van der Waals surface area contributed by atoms with Crippen LogP contribution >= 0.6 is 11.3 Å². The van der Waals surface area contributed by atoms with Crippen molar-refractivity contribution < 1.29 is 13.2 Å². The molecular formula is C18H11F3N4S. The van der Waals surface area contributed by atoms with Crippen LogP contribution in [0.1, 0.15) is 5.56 Å². The molecule has 0 radical (unpaired) electrons. The topological polar surface area (TPSA) is 50.7 Å². The van der Waals surface area contributed by atoms with Crippen molar-refractivity contribution in [3.8, 4) is 11.4 Å². The standard InChI is InChI=1S/C18H11F3N4S/c19-18(20,21)12-7-4-8-13(9-12)23-16-14-17(26-10-22-14)25-15(24-16)11-5-2-1-3-6-11/h1-10H,(H,23,24,25). The summed E-state index contributed by atoms with van der Waals surface area (Å²) in [6.45, 7) is 0. The smallest absolute Gasteiger partial charge is 0.338 e. The van der Waals surface area contributed by atoms with E-state index >= 15 is 0 Å². The SMILES string of the molecule is FC(F)(F)c1cccc(Nc2nc(-c3ccccc3)nc3scnc23)c1. The molecule has 2 heterocycles. The highest BCUT2D eigenvalue weighted by molar-refractivity contribution is 7.16. The third kappa shape index (κ3) is 3.23. The number of thiazole rings is 1. The zero-order valence-corrected chi connectivity index (χ0v) is 14.0. The number of hydrogen-bond donors (Lipinski definition) is 1. The minimum atomic E-state index is -4.41. The van der Waals surface area contributed by atoms with Crippen LogP contribution < -0.4 is 5.32 Å². The van der Waals surface area contributed by atoms with Gasteiger partial charge in [-0.1, -0.05) is 36.4 Å². The normalized spacial score (nSPS) is 11.7. The van der Waals surface area contributed by atoms with Gasteiger partial charge in [-0.25, -0.2) is 15.0 Å². The minimum Gasteiger partial charge on any atom is -0.338 e. The summed E-state index contributed by atoms with van der Waals surface area (Å²) in [4.78, 5) is 13.9. The van der Waals surface area contributed by atoms with Crippen LogP contribution in [0, 0.1) is 0 Å². The summed E-state index contributed by atoms with van der Waals surface area (Å²) >= 11 is 1.35. The summed E-state index contributed by atoms with van der Waals surface area (Å²) in [5.41, 5.74) is 2.52. The maximum absolute atomic E-state index is 12.9. The van der Waals surface area contributed by atoms with Crippen LogP contribution in [0.3, 0.4) is 0 Å². The molecule has 0 aliphatic heterocycles. The first-order chi connectivity index (χ1) is 12.5. The van der Waals surface area contributed by atoms with Gasteiger partial charge in [0.05, 0.1) is 11.1 Å². The molecule has 26 heavy (non-hydrogen) atoms. The zero-order chi connectivity index (χ0) is 18.1. The fourth-order valence-corrected chi connectivity index (χ4v) is 3.13. The third-order valence-corrected chi connectivity index (χ3v) is 4.40. The van der Waals surface area contributed by atoms with Crippen molar-refractivity contribution in [2.45, 2.75) is 6.18 Å². The molecule has 4 aromatic rings. The molecule has 130 valence electrons. The molecule has 0 aliphatic rings. The number of hydrogen-bond acceptors (Lipinski definition) is 5. The van der Waals surface area contributed by atoms with Crippen LogP contribution in [0.15, 0.2) is 60.1 Å². The number of anilines is 2. The molecule has 0 saturated heterocycles. The van der Waals surface area contributed by atoms with E-state index in [9.17, 15) is 13.2 Å². The van der Waals surface area contributed by atoms with Crippen molar-refractivity contribution in [2.24, 2.45) is 0 Å². The van der Waals surface area contributed by atoms with E-state index in [4.69, 9.17) is 0 Å². The molecule has 2 aromatic carbocycles. The van der Waals surface area contributed by atoms with Crippen LogP contribution in [-0.4, -0.2) is 15.0 Å². The highest BCUT2D eigenvalue weighted by atomic mass is 32.1. The zero-order valence-electron chi connectivity index (χ0n) is 13.2. The number of benzene rings is 2. The number of nitrogens with one attached hydrogen (secondary N) is 1. The second-order valence-electron chi connectivity index (χ2n) is 5.47. The second-order valence-corrected chi connectivity index (χ2v) is 6.30. The van der Waals surface area contributed by atoms with Crippen LogP contribution in [0.25, 0.3) is 21.7 Å². The molecule has 0 amide bonds. The van der Waals surface area contributed by atoms with Crippen molar-refractivity contribution >= 4 is 33.2 Å². The van der Waals surface area contributed by atoms with Gasteiger partial charge in [-0.2, -0.15) is 13.2 Å². The van der Waals surface area contributed by atoms with Gasteiger partial charge in [0.25, 0.3) is 0 Å². The fraction of sp³-hybridized carbons (Fsp3) is 0.0556. The quantitative estimate of drug-likeness (QED) is 0.515. The van der Waals surface area contributed by atoms with E-state index < -0.39 is 11.7 Å². The molecule has 8 heteroatoms. The maximum atomic E-state index is 12.9. The summed E-state index contributed by atoms with van der Waals surface area (Å²) < 4.78 is 38.8. The van der Waals surface area contributed by atoms with E-state index in [0.717, 1.165) is 17.7 Å². The molecule has 4 nitrogen and oxygen atoms in total. The molecule has 0 aliphatic carbocycles. The summed E-state index contributed by atoms with van der Waals surface area (Å²) in [5, 5.41) is 2.95. The largest absolute Gasteiger partial charge is 0.416 e. The first kappa shape index (κ1) is 16.5. The van der Waals surface area contributed by atoms with Crippen LogP contribution in [0.5, 0.6) is 0 Å². The van der Waals surface area contributed by atoms with E-state index in [1.165, 1.54) is 17.4 Å². The Bertz CT molecular complexity index is 1060. The number of rotatable bonds is 3. The van der Waals surface area contributed by atoms with Crippen molar-refractivity contribution in [2.75, 3.05) is 5.32 Å². The molecule has 0 atom stereocenters. The predicted octanol–water partition coefficient (Wildman–Crippen LogP) is 5.52. The van der Waals surface area contributed by atoms with Gasteiger partial charge < -0.3 is 5.32 Å². The van der Waals surface area contributed by atoms with Crippen molar-refractivity contribution in [3.05, 3.63) is 65.7 Å². The molecule has 1 N–H and O–H groups in total. The van der Waals surface area contributed by atoms with Gasteiger partial charge in [-0.3, -0.25) is 0 Å². The number of aromatic nitrogens is 3. The van der Waals surface area contributed by atoms with E-state index in [1.54, 1.807) is 11.6 Å². The summed E-state index contributed by atoms with van der Waals surface area (Å²) in [6.07, 6.45) is -4.41. The highest BCUT2D eigenvalue weighted by Gasteiger charge is 2.30. The van der Waals surface area contributed by atoms with E-state index in [1.807, 2.05) is 30.3 Å². The van der Waals surface area contributed by atoms with Gasteiger partial charge >= 0.3 is 6.18 Å². The summed E-state index contributed by atoms with van der Waals surface area (Å²) in [6, 6.07) is 14.3. The van der Waals surface area contributed by atoms with Crippen LogP contribution in [0.4, 0.5) is 24.7 Å². The lowest BCUT2D eigenvalue weighted by Crippen LogP contribution is -2.05. The average Bonchev–Trinajstić information content (AvgIpc) is 3.11. The Hall–Kier alpha value is -3.00. The average molecular weight is 372 g/mol. The number of halogens is 3. The molecule has 0 spiro atoms. The maximum Gasteiger partial charge on any atom is 0.416 e. The lowest BCUT2D eigenvalue weighted by Gasteiger charge is -2.11. The van der Waals surface area contributed by atoms with E-state index in [-0.39, 0.29) is 5.69 Å². The van der Waals surface area contributed by atoms with E-state index in [0.29, 0.717) is 22.0 Å². The number of fused-ring (bicyclic) bond motifs is 1. The van der Waals surface area contributed by atoms with Gasteiger partial charge in [-0.15, -0.1) is 11.3 Å². The Morgan fingerprint density at radius 2 is 1.73 bits per heavy atom. The van der Waals surface area contributed by atoms with Crippen LogP contribution in [0.2, 0.25) is 0 Å². The minimum absolute atomic E-state index is 0.284. The highest BCUT2D eigenvalue weighted by Crippen LogP contribution is 2.33. The molecule has 0 saturated carbocycles. The van der Waals surface area contributed by atoms with Crippen molar-refractivity contribution in [1.82, 2.24) is 15.0 Å². The van der Waals surface area contributed by atoms with Gasteiger partial charge in [-0.05, 0) is 18.2 Å². The van der Waals surface area contributed by atoms with Gasteiger partial charge in [0.2, 0.25) is 0 Å². The van der Waals surface area contributed by atoms with Crippen LogP contribution in [-0.2, 0) is 6.18 Å². The molecular weight excluding hydrogens is 361 g/mol. The Morgan fingerprint density at radius 1 is 0.923 bits per heavy atom. The van der Waals surface area contributed by atoms with Gasteiger partial charge in [0.15, 0.2) is 11.6 Å². The predicted molar refractivity (Wildman–Crippen MR) is 95.4 cm³/mol. The van der Waals surface area contributed by atoms with E-state index in [2.05, 4.69) is 20.3 Å². The molecule has 4 rings (SSSR count). The summed E-state index contributed by atoms with van der Waals surface area (Å²) in [5.74, 6) is 0.853. The van der Waals surface area contributed by atoms with Gasteiger partial charge in [0.1, 0.15) is 10.3 Å². The van der Waals surface area contributed by atoms with Crippen molar-refractivity contribution in [3.63, 3.8) is 0 Å². The first-order valence-corrected chi connectivity index (χ1v) is 8.49. The number of alkyl halides is 3. The molecule has 2 aromatic heterocycles. The molecule has 0 bridgehead atoms. The van der Waals surface area contributed by atoms with Crippen molar-refractivity contribution in [1.29, 1.82) is 0 Å². The Kier molecular flexibility index (Phi) is 4.04. The first-order valence-electron chi connectivity index (χ1n) is 7.62. The number of nitrogens with zero attached hydrogens (tertiary/aromatic N) is 3. The summed E-state index contributed by atoms with van der Waals surface area (Å²) in [7, 11) is 0. The molecule has 0 fully saturated rings. The lowest BCUT2D eigenvalue weighted by atomic mass is 10.2. The monoisotopic (exact) mass is 372 g/mol. The third-order valence-electron chi connectivity index (χ3n) is 3.68. The fourth-order valence-electron chi connectivity index (χ4n) is 2.48. The second kappa shape index (κ2) is 6.38. The van der Waals surface area contributed by atoms with Gasteiger partial charge in [0, 0.05) is 11.3 Å². The lowest BCUT2D eigenvalue weighted by molar-refractivity contribution is -0.137.